The second-order valence-electron chi connectivity index (χ2n) is 7.00. The molecule has 3 aromatic rings. The summed E-state index contributed by atoms with van der Waals surface area (Å²) < 4.78 is 19.0. The summed E-state index contributed by atoms with van der Waals surface area (Å²) in [5, 5.41) is 0. The molecule has 0 fully saturated rings. The normalized spacial score (nSPS) is 13.7. The SMILES string of the molecule is CCOc1ccc(N2C(=O)C(c3ccc(F)cc3)=C(N(C)c3ccccc3)C2=O)cc1. The zero-order valence-corrected chi connectivity index (χ0v) is 17.2. The third-order valence-electron chi connectivity index (χ3n) is 5.08. The molecule has 31 heavy (non-hydrogen) atoms. The number of halogens is 1. The maximum Gasteiger partial charge on any atom is 0.282 e. The summed E-state index contributed by atoms with van der Waals surface area (Å²) in [4.78, 5) is 29.8. The third-order valence-corrected chi connectivity index (χ3v) is 5.08. The molecule has 0 saturated heterocycles. The lowest BCUT2D eigenvalue weighted by Gasteiger charge is -2.21. The predicted molar refractivity (Wildman–Crippen MR) is 118 cm³/mol. The first-order chi connectivity index (χ1) is 15.0. The minimum absolute atomic E-state index is 0.227. The lowest BCUT2D eigenvalue weighted by Crippen LogP contribution is -2.34. The molecule has 0 unspecified atom stereocenters. The first-order valence-electron chi connectivity index (χ1n) is 9.92. The first kappa shape index (κ1) is 20.3. The Morgan fingerprint density at radius 2 is 1.52 bits per heavy atom. The molecule has 0 saturated carbocycles. The van der Waals surface area contributed by atoms with Gasteiger partial charge in [-0.3, -0.25) is 9.59 Å². The highest BCUT2D eigenvalue weighted by molar-refractivity contribution is 6.46. The van der Waals surface area contributed by atoms with Gasteiger partial charge in [-0.05, 0) is 61.0 Å². The van der Waals surface area contributed by atoms with E-state index in [1.54, 1.807) is 36.2 Å². The molecule has 0 spiro atoms. The molecule has 1 heterocycles. The maximum atomic E-state index is 13.5. The van der Waals surface area contributed by atoms with E-state index in [-0.39, 0.29) is 11.3 Å². The highest BCUT2D eigenvalue weighted by Gasteiger charge is 2.42. The smallest absolute Gasteiger partial charge is 0.282 e. The zero-order valence-electron chi connectivity index (χ0n) is 17.2. The summed E-state index contributed by atoms with van der Waals surface area (Å²) in [7, 11) is 1.74. The second-order valence-corrected chi connectivity index (χ2v) is 7.00. The number of ether oxygens (including phenoxy) is 1. The number of imide groups is 1. The van der Waals surface area contributed by atoms with E-state index in [0.717, 1.165) is 10.6 Å². The van der Waals surface area contributed by atoms with Gasteiger partial charge in [-0.1, -0.05) is 30.3 Å². The van der Waals surface area contributed by atoms with Gasteiger partial charge in [-0.15, -0.1) is 0 Å². The lowest BCUT2D eigenvalue weighted by atomic mass is 10.0. The van der Waals surface area contributed by atoms with Crippen molar-refractivity contribution in [1.29, 1.82) is 0 Å². The van der Waals surface area contributed by atoms with E-state index >= 15 is 0 Å². The first-order valence-corrected chi connectivity index (χ1v) is 9.92. The molecule has 156 valence electrons. The predicted octanol–water partition coefficient (Wildman–Crippen LogP) is 4.65. The quantitative estimate of drug-likeness (QED) is 0.549. The van der Waals surface area contributed by atoms with Crippen LogP contribution in [0.1, 0.15) is 12.5 Å². The van der Waals surface area contributed by atoms with Crippen molar-refractivity contribution >= 4 is 28.8 Å². The van der Waals surface area contributed by atoms with Gasteiger partial charge in [0.15, 0.2) is 0 Å². The van der Waals surface area contributed by atoms with E-state index in [0.29, 0.717) is 23.6 Å². The van der Waals surface area contributed by atoms with Crippen molar-refractivity contribution in [1.82, 2.24) is 0 Å². The molecule has 0 radical (unpaired) electrons. The van der Waals surface area contributed by atoms with Gasteiger partial charge in [0.25, 0.3) is 11.8 Å². The molecule has 1 aliphatic rings. The average Bonchev–Trinajstić information content (AvgIpc) is 3.05. The van der Waals surface area contributed by atoms with Crippen molar-refractivity contribution < 1.29 is 18.7 Å². The number of carbonyl (C=O) groups is 2. The van der Waals surface area contributed by atoms with Crippen LogP contribution in [0, 0.1) is 5.82 Å². The van der Waals surface area contributed by atoms with Crippen molar-refractivity contribution in [2.45, 2.75) is 6.92 Å². The number of likely N-dealkylation sites (N-methyl/N-ethyl adjacent to an activating group) is 1. The molecule has 2 amide bonds. The average molecular weight is 416 g/mol. The Hall–Kier alpha value is -3.93. The van der Waals surface area contributed by atoms with Crippen LogP contribution in [0.3, 0.4) is 0 Å². The third kappa shape index (κ3) is 3.80. The van der Waals surface area contributed by atoms with E-state index in [4.69, 9.17) is 4.74 Å². The fourth-order valence-electron chi connectivity index (χ4n) is 3.58. The number of anilines is 2. The van der Waals surface area contributed by atoms with Crippen LogP contribution in [0.4, 0.5) is 15.8 Å². The van der Waals surface area contributed by atoms with E-state index in [2.05, 4.69) is 0 Å². The van der Waals surface area contributed by atoms with Crippen molar-refractivity contribution in [3.8, 4) is 5.75 Å². The molecule has 3 aromatic carbocycles. The van der Waals surface area contributed by atoms with Gasteiger partial charge in [0.2, 0.25) is 0 Å². The maximum absolute atomic E-state index is 13.5. The van der Waals surface area contributed by atoms with E-state index in [9.17, 15) is 14.0 Å². The summed E-state index contributed by atoms with van der Waals surface area (Å²) in [5.74, 6) is -0.667. The zero-order chi connectivity index (χ0) is 22.0. The van der Waals surface area contributed by atoms with Gasteiger partial charge >= 0.3 is 0 Å². The standard InChI is InChI=1S/C25H21FN2O3/c1-3-31-21-15-13-20(14-16-21)28-24(29)22(17-9-11-18(26)12-10-17)23(25(28)30)27(2)19-7-5-4-6-8-19/h4-16H,3H2,1-2H3. The number of hydrogen-bond donors (Lipinski definition) is 0. The molecule has 0 N–H and O–H groups in total. The Labute approximate surface area is 180 Å². The van der Waals surface area contributed by atoms with Gasteiger partial charge < -0.3 is 9.64 Å². The molecule has 5 nitrogen and oxygen atoms in total. The van der Waals surface area contributed by atoms with E-state index in [1.807, 2.05) is 37.3 Å². The molecule has 6 heteroatoms. The number of nitrogens with zero attached hydrogens (tertiary/aromatic N) is 2. The summed E-state index contributed by atoms with van der Waals surface area (Å²) in [6, 6.07) is 21.7. The summed E-state index contributed by atoms with van der Waals surface area (Å²) in [5.41, 5.74) is 2.13. The highest BCUT2D eigenvalue weighted by atomic mass is 19.1. The van der Waals surface area contributed by atoms with E-state index in [1.165, 1.54) is 24.3 Å². The number of hydrogen-bond acceptors (Lipinski definition) is 4. The number of benzene rings is 3. The summed E-state index contributed by atoms with van der Waals surface area (Å²) in [6.07, 6.45) is 0. The summed E-state index contributed by atoms with van der Waals surface area (Å²) >= 11 is 0. The van der Waals surface area contributed by atoms with Crippen LogP contribution in [0.25, 0.3) is 5.57 Å². The second kappa shape index (κ2) is 8.44. The number of carbonyl (C=O) groups excluding carboxylic acids is 2. The van der Waals surface area contributed by atoms with Gasteiger partial charge in [-0.25, -0.2) is 9.29 Å². The minimum atomic E-state index is -0.460. The van der Waals surface area contributed by atoms with Crippen LogP contribution in [0.2, 0.25) is 0 Å². The Bertz CT molecular complexity index is 1140. The topological polar surface area (TPSA) is 49.9 Å². The minimum Gasteiger partial charge on any atom is -0.494 e. The van der Waals surface area contributed by atoms with Crippen molar-refractivity contribution in [2.75, 3.05) is 23.5 Å². The molecule has 0 aliphatic carbocycles. The lowest BCUT2D eigenvalue weighted by molar-refractivity contribution is -0.120. The van der Waals surface area contributed by atoms with Crippen molar-refractivity contribution in [3.05, 3.63) is 95.9 Å². The molecule has 4 rings (SSSR count). The molecule has 0 atom stereocenters. The fourth-order valence-corrected chi connectivity index (χ4v) is 3.58. The Balaban J connectivity index is 1.81. The molecule has 0 aromatic heterocycles. The molecule has 0 bridgehead atoms. The number of para-hydroxylation sites is 1. The van der Waals surface area contributed by atoms with Gasteiger partial charge in [0.1, 0.15) is 17.3 Å². The van der Waals surface area contributed by atoms with Crippen LogP contribution in [-0.2, 0) is 9.59 Å². The number of amides is 2. The molecular formula is C25H21FN2O3. The Kier molecular flexibility index (Phi) is 5.54. The monoisotopic (exact) mass is 416 g/mol. The van der Waals surface area contributed by atoms with Gasteiger partial charge in [0, 0.05) is 12.7 Å². The van der Waals surface area contributed by atoms with Gasteiger partial charge in [-0.2, -0.15) is 0 Å². The van der Waals surface area contributed by atoms with Crippen LogP contribution >= 0.6 is 0 Å². The summed E-state index contributed by atoms with van der Waals surface area (Å²) in [6.45, 7) is 2.40. The van der Waals surface area contributed by atoms with E-state index < -0.39 is 17.6 Å². The molecular weight excluding hydrogens is 395 g/mol. The number of rotatable bonds is 6. The van der Waals surface area contributed by atoms with Crippen LogP contribution in [0.15, 0.2) is 84.6 Å². The highest BCUT2D eigenvalue weighted by Crippen LogP contribution is 2.36. The Morgan fingerprint density at radius 3 is 2.13 bits per heavy atom. The largest absolute Gasteiger partial charge is 0.494 e. The fraction of sp³-hybridized carbons (Fsp3) is 0.120. The van der Waals surface area contributed by atoms with Crippen LogP contribution in [0.5, 0.6) is 5.75 Å². The molecule has 1 aliphatic heterocycles. The van der Waals surface area contributed by atoms with Crippen LogP contribution in [-0.4, -0.2) is 25.5 Å². The van der Waals surface area contributed by atoms with Crippen molar-refractivity contribution in [3.63, 3.8) is 0 Å². The van der Waals surface area contributed by atoms with Gasteiger partial charge in [0.05, 0.1) is 17.9 Å². The Morgan fingerprint density at radius 1 is 0.871 bits per heavy atom. The van der Waals surface area contributed by atoms with Crippen LogP contribution < -0.4 is 14.5 Å². The van der Waals surface area contributed by atoms with Crippen molar-refractivity contribution in [2.24, 2.45) is 0 Å².